The third-order valence-electron chi connectivity index (χ3n) is 5.20. The van der Waals surface area contributed by atoms with Gasteiger partial charge in [-0.1, -0.05) is 13.8 Å². The van der Waals surface area contributed by atoms with Crippen LogP contribution in [0.25, 0.3) is 0 Å². The van der Waals surface area contributed by atoms with E-state index in [4.69, 9.17) is 9.47 Å². The van der Waals surface area contributed by atoms with Gasteiger partial charge in [-0.3, -0.25) is 9.69 Å². The molecule has 0 aromatic heterocycles. The van der Waals surface area contributed by atoms with E-state index in [0.29, 0.717) is 24.5 Å². The summed E-state index contributed by atoms with van der Waals surface area (Å²) in [7, 11) is 3.50. The zero-order valence-corrected chi connectivity index (χ0v) is 18.1. The van der Waals surface area contributed by atoms with Crippen molar-refractivity contribution in [3.63, 3.8) is 0 Å². The van der Waals surface area contributed by atoms with Gasteiger partial charge >= 0.3 is 0 Å². The van der Waals surface area contributed by atoms with Crippen molar-refractivity contribution in [2.45, 2.75) is 45.3 Å². The molecule has 2 aliphatic rings. The first-order valence-corrected chi connectivity index (χ1v) is 10.6. The van der Waals surface area contributed by atoms with E-state index in [-0.39, 0.29) is 18.6 Å². The van der Waals surface area contributed by atoms with E-state index in [1.807, 2.05) is 0 Å². The molecule has 2 saturated heterocycles. The highest BCUT2D eigenvalue weighted by atomic mass is 16.5. The van der Waals surface area contributed by atoms with Crippen molar-refractivity contribution in [3.8, 4) is 0 Å². The molecule has 0 bridgehead atoms. The number of carbonyl (C=O) groups excluding carboxylic acids is 1. The lowest BCUT2D eigenvalue weighted by atomic mass is 10.0. The summed E-state index contributed by atoms with van der Waals surface area (Å²) in [6.45, 7) is 10.5. The van der Waals surface area contributed by atoms with E-state index in [2.05, 4.69) is 34.4 Å². The maximum Gasteiger partial charge on any atom is 0.243 e. The van der Waals surface area contributed by atoms with Gasteiger partial charge in [0.25, 0.3) is 0 Å². The molecule has 2 rings (SSSR count). The molecule has 0 spiro atoms. The van der Waals surface area contributed by atoms with Gasteiger partial charge in [0.05, 0.1) is 19.3 Å². The molecule has 2 fully saturated rings. The highest BCUT2D eigenvalue weighted by Gasteiger charge is 2.22. The van der Waals surface area contributed by atoms with Gasteiger partial charge in [-0.25, -0.2) is 4.99 Å². The minimum Gasteiger partial charge on any atom is -0.379 e. The van der Waals surface area contributed by atoms with Crippen LogP contribution in [-0.4, -0.2) is 100 Å². The third kappa shape index (κ3) is 8.32. The predicted octanol–water partition coefficient (Wildman–Crippen LogP) is 0.536. The summed E-state index contributed by atoms with van der Waals surface area (Å²) in [4.78, 5) is 20.5. The smallest absolute Gasteiger partial charge is 0.243 e. The molecular formula is C20H39N5O3. The standard InChI is InChI=1S/C20H39N5O3/c1-16(2)12-17(25-7-10-27-11-8-25)13-21-20(23-15-19(26)24(3)4)22-14-18-6-5-9-28-18/h16-18H,5-15H2,1-4H3,(H2,21,22,23). The molecule has 2 heterocycles. The van der Waals surface area contributed by atoms with E-state index in [0.717, 1.165) is 58.7 Å². The van der Waals surface area contributed by atoms with Gasteiger partial charge in [0.2, 0.25) is 5.91 Å². The maximum absolute atomic E-state index is 12.0. The highest BCUT2D eigenvalue weighted by molar-refractivity contribution is 5.84. The van der Waals surface area contributed by atoms with E-state index >= 15 is 0 Å². The molecule has 2 aliphatic heterocycles. The largest absolute Gasteiger partial charge is 0.379 e. The molecule has 1 amide bonds. The molecule has 8 heteroatoms. The summed E-state index contributed by atoms with van der Waals surface area (Å²) in [5.41, 5.74) is 0. The second kappa shape index (κ2) is 12.2. The van der Waals surface area contributed by atoms with Gasteiger partial charge in [-0.05, 0) is 25.2 Å². The summed E-state index contributed by atoms with van der Waals surface area (Å²) in [5.74, 6) is 1.29. The molecule has 2 N–H and O–H groups in total. The van der Waals surface area contributed by atoms with Gasteiger partial charge < -0.3 is 25.0 Å². The lowest BCUT2D eigenvalue weighted by Gasteiger charge is -2.35. The zero-order chi connectivity index (χ0) is 20.4. The van der Waals surface area contributed by atoms with Crippen molar-refractivity contribution >= 4 is 11.9 Å². The third-order valence-corrected chi connectivity index (χ3v) is 5.20. The average molecular weight is 398 g/mol. The average Bonchev–Trinajstić information content (AvgIpc) is 3.20. The molecule has 8 nitrogen and oxygen atoms in total. The molecular weight excluding hydrogens is 358 g/mol. The van der Waals surface area contributed by atoms with Crippen LogP contribution in [0, 0.1) is 5.92 Å². The Bertz CT molecular complexity index is 486. The number of nitrogens with one attached hydrogen (secondary N) is 2. The monoisotopic (exact) mass is 397 g/mol. The van der Waals surface area contributed by atoms with E-state index in [9.17, 15) is 4.79 Å². The Balaban J connectivity index is 1.94. The lowest BCUT2D eigenvalue weighted by molar-refractivity contribution is -0.127. The number of hydrogen-bond donors (Lipinski definition) is 2. The van der Waals surface area contributed by atoms with E-state index < -0.39 is 0 Å². The first kappa shape index (κ1) is 22.9. The Hall–Kier alpha value is -1.38. The van der Waals surface area contributed by atoms with Crippen molar-refractivity contribution in [2.75, 3.05) is 66.6 Å². The fraction of sp³-hybridized carbons (Fsp3) is 0.900. The number of amides is 1. The Kier molecular flexibility index (Phi) is 10.0. The predicted molar refractivity (Wildman–Crippen MR) is 112 cm³/mol. The van der Waals surface area contributed by atoms with Crippen LogP contribution in [0.2, 0.25) is 0 Å². The maximum atomic E-state index is 12.0. The lowest BCUT2D eigenvalue weighted by Crippen LogP contribution is -2.51. The molecule has 0 aliphatic carbocycles. The quantitative estimate of drug-likeness (QED) is 0.437. The van der Waals surface area contributed by atoms with Gasteiger partial charge in [-0.2, -0.15) is 0 Å². The summed E-state index contributed by atoms with van der Waals surface area (Å²) < 4.78 is 11.2. The van der Waals surface area contributed by atoms with Crippen LogP contribution in [0.4, 0.5) is 0 Å². The minimum absolute atomic E-state index is 0.00914. The number of morpholine rings is 1. The van der Waals surface area contributed by atoms with Crippen LogP contribution in [0.3, 0.4) is 0 Å². The van der Waals surface area contributed by atoms with Crippen LogP contribution in [0.1, 0.15) is 33.1 Å². The van der Waals surface area contributed by atoms with Gasteiger partial charge in [0.15, 0.2) is 5.96 Å². The normalized spacial score (nSPS) is 22.3. The number of aliphatic imine (C=N–C) groups is 1. The number of carbonyl (C=O) groups is 1. The Morgan fingerprint density at radius 3 is 2.57 bits per heavy atom. The summed E-state index contributed by atoms with van der Waals surface area (Å²) >= 11 is 0. The second-order valence-electron chi connectivity index (χ2n) is 8.28. The van der Waals surface area contributed by atoms with Crippen molar-refractivity contribution in [3.05, 3.63) is 0 Å². The number of likely N-dealkylation sites (N-methyl/N-ethyl adjacent to an activating group) is 1. The highest BCUT2D eigenvalue weighted by Crippen LogP contribution is 2.13. The van der Waals surface area contributed by atoms with Gasteiger partial charge in [0.1, 0.15) is 6.54 Å². The zero-order valence-electron chi connectivity index (χ0n) is 18.1. The van der Waals surface area contributed by atoms with Crippen molar-refractivity contribution in [1.29, 1.82) is 0 Å². The van der Waals surface area contributed by atoms with Crippen LogP contribution in [0.5, 0.6) is 0 Å². The Labute approximate surface area is 170 Å². The van der Waals surface area contributed by atoms with Crippen molar-refractivity contribution < 1.29 is 14.3 Å². The van der Waals surface area contributed by atoms with Gasteiger partial charge in [-0.15, -0.1) is 0 Å². The number of guanidine groups is 1. The number of nitrogens with zero attached hydrogens (tertiary/aromatic N) is 3. The molecule has 162 valence electrons. The molecule has 0 saturated carbocycles. The first-order valence-electron chi connectivity index (χ1n) is 10.6. The second-order valence-corrected chi connectivity index (χ2v) is 8.28. The van der Waals surface area contributed by atoms with Crippen LogP contribution >= 0.6 is 0 Å². The minimum atomic E-state index is -0.00914. The Morgan fingerprint density at radius 1 is 1.21 bits per heavy atom. The number of hydrogen-bond acceptors (Lipinski definition) is 5. The summed E-state index contributed by atoms with van der Waals surface area (Å²) in [6, 6.07) is 0.420. The van der Waals surface area contributed by atoms with Crippen molar-refractivity contribution in [2.24, 2.45) is 10.9 Å². The topological polar surface area (TPSA) is 78.4 Å². The van der Waals surface area contributed by atoms with Gasteiger partial charge in [0, 0.05) is 52.9 Å². The fourth-order valence-corrected chi connectivity index (χ4v) is 3.54. The molecule has 0 aromatic rings. The van der Waals surface area contributed by atoms with E-state index in [1.165, 1.54) is 0 Å². The van der Waals surface area contributed by atoms with E-state index in [1.54, 1.807) is 19.0 Å². The fourth-order valence-electron chi connectivity index (χ4n) is 3.54. The molecule has 28 heavy (non-hydrogen) atoms. The van der Waals surface area contributed by atoms with Crippen molar-refractivity contribution in [1.82, 2.24) is 20.4 Å². The number of rotatable bonds is 9. The van der Waals surface area contributed by atoms with Crippen LogP contribution in [0.15, 0.2) is 4.99 Å². The SMILES string of the molecule is CC(C)CC(CNC(=NCC(=O)N(C)C)NCC1CCCO1)N1CCOCC1. The van der Waals surface area contributed by atoms with Crippen LogP contribution < -0.4 is 10.6 Å². The summed E-state index contributed by atoms with van der Waals surface area (Å²) in [6.07, 6.45) is 3.52. The number of ether oxygens (including phenoxy) is 2. The molecule has 2 unspecified atom stereocenters. The first-order chi connectivity index (χ1) is 13.5. The Morgan fingerprint density at radius 2 is 1.96 bits per heavy atom. The van der Waals surface area contributed by atoms with Crippen LogP contribution in [-0.2, 0) is 14.3 Å². The molecule has 0 aromatic carbocycles. The molecule has 0 radical (unpaired) electrons. The molecule has 2 atom stereocenters. The summed E-state index contributed by atoms with van der Waals surface area (Å²) in [5, 5.41) is 6.84.